The van der Waals surface area contributed by atoms with Gasteiger partial charge >= 0.3 is 0 Å². The summed E-state index contributed by atoms with van der Waals surface area (Å²) in [4.78, 5) is 13.1. The standard InChI is InChI=1S/C18H5N9/c19-5-9-10(6-20)17-26-14-4-2-1-3-12(14)24-18(26)25-16-11(7-21)13(8-22)23-15(9)27(16)17/h1-4,19H. The quantitative estimate of drug-likeness (QED) is 0.413. The molecule has 0 saturated carbocycles. The van der Waals surface area contributed by atoms with Crippen molar-refractivity contribution in [3.8, 4) is 18.2 Å². The van der Waals surface area contributed by atoms with Gasteiger partial charge in [0.1, 0.15) is 40.2 Å². The molecule has 0 unspecified atom stereocenters. The van der Waals surface area contributed by atoms with Crippen LogP contribution in [0.1, 0.15) is 16.8 Å². The van der Waals surface area contributed by atoms with Gasteiger partial charge in [-0.3, -0.25) is 14.2 Å². The maximum Gasteiger partial charge on any atom is 0.238 e. The van der Waals surface area contributed by atoms with Crippen LogP contribution in [0.4, 0.5) is 0 Å². The Hall–Kier alpha value is -4.77. The minimum atomic E-state index is -0.127. The zero-order valence-corrected chi connectivity index (χ0v) is 13.4. The molecule has 5 rings (SSSR count). The van der Waals surface area contributed by atoms with Crippen LogP contribution in [0.3, 0.4) is 0 Å². The highest BCUT2D eigenvalue weighted by Crippen LogP contribution is 2.25. The Kier molecular flexibility index (Phi) is 2.63. The van der Waals surface area contributed by atoms with E-state index in [2.05, 4.69) is 26.9 Å². The molecular formula is C18H5N9. The third-order valence-electron chi connectivity index (χ3n) is 4.43. The van der Waals surface area contributed by atoms with Gasteiger partial charge in [-0.05, 0) is 18.0 Å². The van der Waals surface area contributed by atoms with E-state index in [9.17, 15) is 15.8 Å². The summed E-state index contributed by atoms with van der Waals surface area (Å²) in [5, 5.41) is 36.5. The van der Waals surface area contributed by atoms with Gasteiger partial charge in [0.25, 0.3) is 0 Å². The predicted molar refractivity (Wildman–Crippen MR) is 92.9 cm³/mol. The van der Waals surface area contributed by atoms with Crippen LogP contribution in [0.25, 0.3) is 33.8 Å². The molecular weight excluding hydrogens is 342 g/mol. The molecule has 1 N–H and O–H groups in total. The SMILES string of the molecule is N#Cc1nc2c(=C=N)c(C#N)c3n2c(nc2nc4ccccc4n23)c1C#N. The Bertz CT molecular complexity index is 1660. The number of benzene rings is 1. The van der Waals surface area contributed by atoms with E-state index in [1.807, 2.05) is 36.4 Å². The lowest BCUT2D eigenvalue weighted by Crippen LogP contribution is -2.09. The summed E-state index contributed by atoms with van der Waals surface area (Å²) in [5.41, 5.74) is 2.11. The lowest BCUT2D eigenvalue weighted by Gasteiger charge is -2.07. The molecule has 9 nitrogen and oxygen atoms in total. The van der Waals surface area contributed by atoms with Crippen molar-refractivity contribution in [2.45, 2.75) is 0 Å². The first kappa shape index (κ1) is 14.6. The normalized spacial score (nSPS) is 10.9. The van der Waals surface area contributed by atoms with Gasteiger partial charge in [-0.2, -0.15) is 20.8 Å². The number of nitrogens with one attached hydrogen (secondary N) is 1. The van der Waals surface area contributed by atoms with Crippen LogP contribution in [0.2, 0.25) is 0 Å². The van der Waals surface area contributed by atoms with Gasteiger partial charge in [-0.1, -0.05) is 12.1 Å². The minimum Gasteiger partial charge on any atom is -0.260 e. The Balaban J connectivity index is 2.30. The first-order chi connectivity index (χ1) is 13.2. The second-order valence-corrected chi connectivity index (χ2v) is 5.70. The smallest absolute Gasteiger partial charge is 0.238 e. The zero-order valence-electron chi connectivity index (χ0n) is 13.4. The highest BCUT2D eigenvalue weighted by Gasteiger charge is 2.24. The monoisotopic (exact) mass is 347 g/mol. The predicted octanol–water partition coefficient (Wildman–Crippen LogP) is 0.937. The van der Waals surface area contributed by atoms with Gasteiger partial charge < -0.3 is 0 Å². The van der Waals surface area contributed by atoms with Crippen LogP contribution in [0, 0.1) is 39.4 Å². The molecule has 0 aliphatic rings. The lowest BCUT2D eigenvalue weighted by molar-refractivity contribution is 1.05. The largest absolute Gasteiger partial charge is 0.260 e. The molecule has 0 aliphatic heterocycles. The molecule has 0 amide bonds. The van der Waals surface area contributed by atoms with Crippen LogP contribution in [-0.4, -0.2) is 29.6 Å². The van der Waals surface area contributed by atoms with Crippen molar-refractivity contribution in [3.63, 3.8) is 0 Å². The summed E-state index contributed by atoms with van der Waals surface area (Å²) in [6.07, 6.45) is 0. The number of hydrogen-bond donors (Lipinski definition) is 1. The fourth-order valence-electron chi connectivity index (χ4n) is 3.35. The number of nitrogens with zero attached hydrogens (tertiary/aromatic N) is 8. The Morgan fingerprint density at radius 2 is 1.63 bits per heavy atom. The molecule has 0 fully saturated rings. The number of hydrogen-bond acceptors (Lipinski definition) is 7. The summed E-state index contributed by atoms with van der Waals surface area (Å²) < 4.78 is 3.19. The van der Waals surface area contributed by atoms with Gasteiger partial charge in [0.05, 0.1) is 11.0 Å². The average molecular weight is 347 g/mol. The van der Waals surface area contributed by atoms with Crippen molar-refractivity contribution in [1.29, 1.82) is 21.2 Å². The minimum absolute atomic E-state index is 0.0134. The number of rotatable bonds is 0. The maximum absolute atomic E-state index is 9.76. The second-order valence-electron chi connectivity index (χ2n) is 5.70. The molecule has 5 aromatic rings. The third-order valence-corrected chi connectivity index (χ3v) is 4.43. The molecule has 0 saturated heterocycles. The summed E-state index contributed by atoms with van der Waals surface area (Å²) in [5.74, 6) is 2.52. The summed E-state index contributed by atoms with van der Waals surface area (Å²) in [6, 6.07) is 13.2. The van der Waals surface area contributed by atoms with Gasteiger partial charge in [-0.25, -0.2) is 9.97 Å². The average Bonchev–Trinajstić information content (AvgIpc) is 3.22. The Morgan fingerprint density at radius 1 is 0.852 bits per heavy atom. The van der Waals surface area contributed by atoms with E-state index < -0.39 is 0 Å². The van der Waals surface area contributed by atoms with Gasteiger partial charge in [-0.15, -0.1) is 0 Å². The van der Waals surface area contributed by atoms with Crippen LogP contribution >= 0.6 is 0 Å². The number of para-hydroxylation sites is 2. The van der Waals surface area contributed by atoms with E-state index in [4.69, 9.17) is 5.41 Å². The highest BCUT2D eigenvalue weighted by atomic mass is 15.2. The lowest BCUT2D eigenvalue weighted by atomic mass is 10.2. The van der Waals surface area contributed by atoms with E-state index in [0.717, 1.165) is 5.52 Å². The Morgan fingerprint density at radius 3 is 2.33 bits per heavy atom. The molecule has 0 aliphatic carbocycles. The topological polar surface area (TPSA) is 143 Å². The molecule has 1 aromatic carbocycles. The fourth-order valence-corrected chi connectivity index (χ4v) is 3.35. The van der Waals surface area contributed by atoms with Crippen molar-refractivity contribution >= 4 is 39.6 Å². The number of aromatic nitrogens is 5. The first-order valence-corrected chi connectivity index (χ1v) is 7.68. The molecule has 9 heteroatoms. The van der Waals surface area contributed by atoms with E-state index >= 15 is 0 Å². The third kappa shape index (κ3) is 1.59. The molecule has 4 aromatic heterocycles. The van der Waals surface area contributed by atoms with Crippen LogP contribution in [0.5, 0.6) is 0 Å². The fraction of sp³-hybridized carbons (Fsp3) is 0. The van der Waals surface area contributed by atoms with Gasteiger partial charge in [0.15, 0.2) is 17.0 Å². The van der Waals surface area contributed by atoms with Gasteiger partial charge in [0.2, 0.25) is 5.78 Å². The van der Waals surface area contributed by atoms with Crippen molar-refractivity contribution in [3.05, 3.63) is 46.3 Å². The summed E-state index contributed by atoms with van der Waals surface area (Å²) in [6.45, 7) is 0. The number of fused-ring (bicyclic) bond motifs is 4. The molecule has 27 heavy (non-hydrogen) atoms. The van der Waals surface area contributed by atoms with E-state index in [1.54, 1.807) is 4.40 Å². The molecule has 0 spiro atoms. The van der Waals surface area contributed by atoms with Crippen LogP contribution < -0.4 is 5.22 Å². The summed E-state index contributed by atoms with van der Waals surface area (Å²) >= 11 is 0. The second kappa shape index (κ2) is 4.87. The van der Waals surface area contributed by atoms with Gasteiger partial charge in [0, 0.05) is 0 Å². The zero-order chi connectivity index (χ0) is 18.7. The Labute approximate surface area is 149 Å². The molecule has 0 radical (unpaired) electrons. The van der Waals surface area contributed by atoms with Crippen molar-refractivity contribution in [2.75, 3.05) is 0 Å². The first-order valence-electron chi connectivity index (χ1n) is 7.68. The number of nitriles is 3. The number of imidazole rings is 1. The van der Waals surface area contributed by atoms with Crippen LogP contribution in [-0.2, 0) is 0 Å². The van der Waals surface area contributed by atoms with E-state index in [0.29, 0.717) is 11.2 Å². The molecule has 122 valence electrons. The van der Waals surface area contributed by atoms with Crippen molar-refractivity contribution in [2.24, 2.45) is 0 Å². The molecule has 0 bridgehead atoms. The highest BCUT2D eigenvalue weighted by molar-refractivity contribution is 5.88. The summed E-state index contributed by atoms with van der Waals surface area (Å²) in [7, 11) is 0. The van der Waals surface area contributed by atoms with Crippen LogP contribution in [0.15, 0.2) is 24.3 Å². The molecule has 0 atom stereocenters. The van der Waals surface area contributed by atoms with E-state index in [-0.39, 0.29) is 39.1 Å². The van der Waals surface area contributed by atoms with E-state index in [1.165, 1.54) is 4.40 Å². The van der Waals surface area contributed by atoms with Crippen molar-refractivity contribution < 1.29 is 0 Å². The van der Waals surface area contributed by atoms with Crippen molar-refractivity contribution in [1.82, 2.24) is 23.8 Å². The molecule has 4 heterocycles. The maximum atomic E-state index is 9.76.